The van der Waals surface area contributed by atoms with Crippen LogP contribution in [-0.4, -0.2) is 16.6 Å². The van der Waals surface area contributed by atoms with E-state index >= 15 is 0 Å². The molecule has 1 aromatic carbocycles. The van der Waals surface area contributed by atoms with E-state index in [1.807, 2.05) is 30.3 Å². The number of rotatable bonds is 4. The summed E-state index contributed by atoms with van der Waals surface area (Å²) in [6, 6.07) is 12.5. The predicted octanol–water partition coefficient (Wildman–Crippen LogP) is 2.08. The maximum atomic E-state index is 11.8. The van der Waals surface area contributed by atoms with E-state index in [-0.39, 0.29) is 6.42 Å². The van der Waals surface area contributed by atoms with E-state index in [1.165, 1.54) is 6.20 Å². The van der Waals surface area contributed by atoms with Crippen molar-refractivity contribution in [3.05, 3.63) is 66.0 Å². The van der Waals surface area contributed by atoms with Crippen LogP contribution in [0.25, 0.3) is 0 Å². The van der Waals surface area contributed by atoms with E-state index in [9.17, 15) is 9.59 Å². The summed E-state index contributed by atoms with van der Waals surface area (Å²) in [5.74, 6) is -0.897. The van der Waals surface area contributed by atoms with Crippen LogP contribution in [0.4, 0.5) is 0 Å². The van der Waals surface area contributed by atoms with Gasteiger partial charge in [-0.1, -0.05) is 30.3 Å². The molecule has 0 aliphatic heterocycles. The summed E-state index contributed by atoms with van der Waals surface area (Å²) in [5.41, 5.74) is 1.18. The summed E-state index contributed by atoms with van der Waals surface area (Å²) in [4.78, 5) is 27.3. The molecule has 3 heteroatoms. The average Bonchev–Trinajstić information content (AvgIpc) is 2.40. The molecule has 0 atom stereocenters. The lowest BCUT2D eigenvalue weighted by Crippen LogP contribution is -2.16. The minimum atomic E-state index is -0.484. The SMILES string of the molecule is O=C(Cc1ccccc1)C(=O)c1cccnc1. The lowest BCUT2D eigenvalue weighted by atomic mass is 10.0. The molecule has 0 spiro atoms. The monoisotopic (exact) mass is 225 g/mol. The van der Waals surface area contributed by atoms with Crippen LogP contribution in [0.2, 0.25) is 0 Å². The van der Waals surface area contributed by atoms with Gasteiger partial charge in [0.15, 0.2) is 0 Å². The topological polar surface area (TPSA) is 47.0 Å². The van der Waals surface area contributed by atoms with Gasteiger partial charge in [-0.2, -0.15) is 0 Å². The number of aromatic nitrogens is 1. The van der Waals surface area contributed by atoms with Gasteiger partial charge in [0.2, 0.25) is 11.6 Å². The van der Waals surface area contributed by atoms with Crippen molar-refractivity contribution in [1.29, 1.82) is 0 Å². The molecule has 0 aliphatic carbocycles. The number of carbonyl (C=O) groups is 2. The fourth-order valence-corrected chi connectivity index (χ4v) is 1.52. The van der Waals surface area contributed by atoms with Crippen molar-refractivity contribution in [2.24, 2.45) is 0 Å². The second-order valence-corrected chi connectivity index (χ2v) is 3.66. The van der Waals surface area contributed by atoms with Gasteiger partial charge in [0, 0.05) is 24.4 Å². The molecule has 84 valence electrons. The molecule has 0 N–H and O–H groups in total. The van der Waals surface area contributed by atoms with E-state index in [4.69, 9.17) is 0 Å². The standard InChI is InChI=1S/C14H11NO2/c16-13(9-11-5-2-1-3-6-11)14(17)12-7-4-8-15-10-12/h1-8,10H,9H2. The van der Waals surface area contributed by atoms with Gasteiger partial charge in [0.1, 0.15) is 0 Å². The predicted molar refractivity (Wildman–Crippen MR) is 63.7 cm³/mol. The molecule has 0 amide bonds. The van der Waals surface area contributed by atoms with E-state index in [1.54, 1.807) is 18.3 Å². The molecule has 0 unspecified atom stereocenters. The zero-order chi connectivity index (χ0) is 12.1. The molecule has 0 saturated heterocycles. The molecule has 2 aromatic rings. The van der Waals surface area contributed by atoms with Gasteiger partial charge in [-0.3, -0.25) is 14.6 Å². The Morgan fingerprint density at radius 2 is 1.76 bits per heavy atom. The lowest BCUT2D eigenvalue weighted by Gasteiger charge is -2.00. The Morgan fingerprint density at radius 3 is 2.41 bits per heavy atom. The number of pyridine rings is 1. The Bertz CT molecular complexity index is 520. The number of Topliss-reactive ketones (excluding diaryl/α,β-unsaturated/α-hetero) is 2. The number of ketones is 2. The second kappa shape index (κ2) is 5.16. The Morgan fingerprint density at radius 1 is 1.00 bits per heavy atom. The van der Waals surface area contributed by atoms with Gasteiger partial charge in [-0.15, -0.1) is 0 Å². The Balaban J connectivity index is 2.09. The molecule has 1 aromatic heterocycles. The third-order valence-corrected chi connectivity index (χ3v) is 2.38. The number of hydrogen-bond donors (Lipinski definition) is 0. The molecule has 17 heavy (non-hydrogen) atoms. The maximum Gasteiger partial charge on any atom is 0.230 e. The fraction of sp³-hybridized carbons (Fsp3) is 0.0714. The highest BCUT2D eigenvalue weighted by Gasteiger charge is 2.16. The highest BCUT2D eigenvalue weighted by molar-refractivity contribution is 6.44. The summed E-state index contributed by atoms with van der Waals surface area (Å²) in [5, 5.41) is 0. The summed E-state index contributed by atoms with van der Waals surface area (Å²) in [6.45, 7) is 0. The zero-order valence-electron chi connectivity index (χ0n) is 9.17. The summed E-state index contributed by atoms with van der Waals surface area (Å²) in [6.07, 6.45) is 3.11. The van der Waals surface area contributed by atoms with Crippen molar-refractivity contribution in [1.82, 2.24) is 4.98 Å². The fourth-order valence-electron chi connectivity index (χ4n) is 1.52. The second-order valence-electron chi connectivity index (χ2n) is 3.66. The third-order valence-electron chi connectivity index (χ3n) is 2.38. The normalized spacial score (nSPS) is 9.88. The van der Waals surface area contributed by atoms with Gasteiger partial charge in [-0.05, 0) is 17.7 Å². The van der Waals surface area contributed by atoms with Gasteiger partial charge >= 0.3 is 0 Å². The number of benzene rings is 1. The Hall–Kier alpha value is -2.29. The van der Waals surface area contributed by atoms with Crippen molar-refractivity contribution in [3.63, 3.8) is 0 Å². The number of hydrogen-bond acceptors (Lipinski definition) is 3. The largest absolute Gasteiger partial charge is 0.290 e. The number of carbonyl (C=O) groups excluding carboxylic acids is 2. The van der Waals surface area contributed by atoms with Crippen LogP contribution in [0.5, 0.6) is 0 Å². The molecule has 3 nitrogen and oxygen atoms in total. The Kier molecular flexibility index (Phi) is 3.40. The minimum Gasteiger partial charge on any atom is -0.290 e. The molecule has 1 heterocycles. The van der Waals surface area contributed by atoms with E-state index in [0.717, 1.165) is 5.56 Å². The average molecular weight is 225 g/mol. The van der Waals surface area contributed by atoms with Crippen molar-refractivity contribution in [2.75, 3.05) is 0 Å². The minimum absolute atomic E-state index is 0.133. The van der Waals surface area contributed by atoms with Gasteiger partial charge in [0.05, 0.1) is 0 Å². The van der Waals surface area contributed by atoms with E-state index < -0.39 is 11.6 Å². The smallest absolute Gasteiger partial charge is 0.230 e. The first-order chi connectivity index (χ1) is 8.27. The van der Waals surface area contributed by atoms with Crippen LogP contribution >= 0.6 is 0 Å². The first kappa shape index (κ1) is 11.2. The molecule has 0 radical (unpaired) electrons. The molecule has 0 saturated carbocycles. The van der Waals surface area contributed by atoms with Crippen LogP contribution in [0.1, 0.15) is 15.9 Å². The van der Waals surface area contributed by atoms with Crippen LogP contribution in [0.15, 0.2) is 54.9 Å². The maximum absolute atomic E-state index is 11.8. The Labute approximate surface area is 99.1 Å². The molecule has 0 bridgehead atoms. The molecular weight excluding hydrogens is 214 g/mol. The highest BCUT2D eigenvalue weighted by atomic mass is 16.2. The lowest BCUT2D eigenvalue weighted by molar-refractivity contribution is -0.114. The van der Waals surface area contributed by atoms with E-state index in [2.05, 4.69) is 4.98 Å². The van der Waals surface area contributed by atoms with Crippen molar-refractivity contribution in [2.45, 2.75) is 6.42 Å². The van der Waals surface area contributed by atoms with Crippen molar-refractivity contribution < 1.29 is 9.59 Å². The molecule has 2 rings (SSSR count). The van der Waals surface area contributed by atoms with E-state index in [0.29, 0.717) is 5.56 Å². The molecule has 0 aliphatic rings. The van der Waals surface area contributed by atoms with Crippen molar-refractivity contribution in [3.8, 4) is 0 Å². The van der Waals surface area contributed by atoms with Crippen LogP contribution in [0.3, 0.4) is 0 Å². The van der Waals surface area contributed by atoms with Crippen LogP contribution in [0, 0.1) is 0 Å². The van der Waals surface area contributed by atoms with Gasteiger partial charge in [0.25, 0.3) is 0 Å². The van der Waals surface area contributed by atoms with Crippen molar-refractivity contribution >= 4 is 11.6 Å². The van der Waals surface area contributed by atoms with Gasteiger partial charge in [-0.25, -0.2) is 0 Å². The summed E-state index contributed by atoms with van der Waals surface area (Å²) < 4.78 is 0. The van der Waals surface area contributed by atoms with Crippen LogP contribution in [-0.2, 0) is 11.2 Å². The van der Waals surface area contributed by atoms with Crippen LogP contribution < -0.4 is 0 Å². The zero-order valence-corrected chi connectivity index (χ0v) is 9.17. The third kappa shape index (κ3) is 2.84. The summed E-state index contributed by atoms with van der Waals surface area (Å²) in [7, 11) is 0. The first-order valence-corrected chi connectivity index (χ1v) is 5.29. The molecular formula is C14H11NO2. The number of nitrogens with zero attached hydrogens (tertiary/aromatic N) is 1. The summed E-state index contributed by atoms with van der Waals surface area (Å²) >= 11 is 0. The quantitative estimate of drug-likeness (QED) is 0.591. The highest BCUT2D eigenvalue weighted by Crippen LogP contribution is 2.04. The molecule has 0 fully saturated rings. The first-order valence-electron chi connectivity index (χ1n) is 5.29. The van der Waals surface area contributed by atoms with Gasteiger partial charge < -0.3 is 0 Å².